The summed E-state index contributed by atoms with van der Waals surface area (Å²) in [7, 11) is 1.35. The molecule has 0 aliphatic heterocycles. The molecule has 4 heteroatoms. The molecule has 13 heavy (non-hydrogen) atoms. The fourth-order valence-corrected chi connectivity index (χ4v) is 0.874. The third-order valence-corrected chi connectivity index (χ3v) is 1.54. The van der Waals surface area contributed by atoms with Crippen molar-refractivity contribution < 1.29 is 19.1 Å². The fourth-order valence-electron chi connectivity index (χ4n) is 0.874. The minimum Gasteiger partial charge on any atom is -0.469 e. The quantitative estimate of drug-likeness (QED) is 0.465. The van der Waals surface area contributed by atoms with Gasteiger partial charge in [-0.25, -0.2) is 0 Å². The van der Waals surface area contributed by atoms with Crippen molar-refractivity contribution in [3.05, 3.63) is 0 Å². The fraction of sp³-hybridized carbons (Fsp3) is 0.778. The topological polar surface area (TPSA) is 52.6 Å². The predicted octanol–water partition coefficient (Wildman–Crippen LogP) is 1.28. The van der Waals surface area contributed by atoms with Gasteiger partial charge in [-0.3, -0.25) is 9.59 Å². The summed E-state index contributed by atoms with van der Waals surface area (Å²) in [4.78, 5) is 21.5. The highest BCUT2D eigenvalue weighted by molar-refractivity contribution is 5.70. The van der Waals surface area contributed by atoms with Gasteiger partial charge in [0.1, 0.15) is 0 Å². The van der Waals surface area contributed by atoms with Gasteiger partial charge in [0.25, 0.3) is 0 Å². The van der Waals surface area contributed by atoms with Crippen molar-refractivity contribution >= 4 is 11.9 Å². The third kappa shape index (κ3) is 7.31. The molecule has 0 rings (SSSR count). The van der Waals surface area contributed by atoms with E-state index in [1.165, 1.54) is 7.11 Å². The lowest BCUT2D eigenvalue weighted by Crippen LogP contribution is -2.04. The van der Waals surface area contributed by atoms with Crippen molar-refractivity contribution in [3.8, 4) is 0 Å². The monoisotopic (exact) mass is 188 g/mol. The minimum atomic E-state index is -0.233. The molecular weight excluding hydrogens is 172 g/mol. The van der Waals surface area contributed by atoms with Crippen LogP contribution in [-0.4, -0.2) is 25.7 Å². The van der Waals surface area contributed by atoms with Gasteiger partial charge in [0, 0.05) is 12.8 Å². The number of hydrogen-bond acceptors (Lipinski definition) is 4. The molecule has 0 fully saturated rings. The van der Waals surface area contributed by atoms with Gasteiger partial charge in [-0.15, -0.1) is 0 Å². The second-order valence-electron chi connectivity index (χ2n) is 2.59. The second-order valence-corrected chi connectivity index (χ2v) is 2.59. The van der Waals surface area contributed by atoms with E-state index in [2.05, 4.69) is 4.74 Å². The summed E-state index contributed by atoms with van der Waals surface area (Å²) in [6.07, 6.45) is 2.10. The summed E-state index contributed by atoms with van der Waals surface area (Å²) < 4.78 is 9.17. The molecule has 0 bridgehead atoms. The van der Waals surface area contributed by atoms with Gasteiger partial charge in [-0.1, -0.05) is 0 Å². The van der Waals surface area contributed by atoms with Crippen LogP contribution < -0.4 is 0 Å². The zero-order valence-corrected chi connectivity index (χ0v) is 8.17. The van der Waals surface area contributed by atoms with E-state index >= 15 is 0 Å². The van der Waals surface area contributed by atoms with Crippen LogP contribution in [0.2, 0.25) is 0 Å². The Morgan fingerprint density at radius 2 is 1.62 bits per heavy atom. The number of carbonyl (C=O) groups is 2. The van der Waals surface area contributed by atoms with Crippen LogP contribution in [0.15, 0.2) is 0 Å². The number of unbranched alkanes of at least 4 members (excludes halogenated alkanes) is 1. The van der Waals surface area contributed by atoms with Gasteiger partial charge in [-0.05, 0) is 19.8 Å². The Balaban J connectivity index is 3.25. The summed E-state index contributed by atoms with van der Waals surface area (Å²) in [5.41, 5.74) is 0. The molecule has 0 aliphatic carbocycles. The van der Waals surface area contributed by atoms with E-state index in [9.17, 15) is 9.59 Å². The van der Waals surface area contributed by atoms with Crippen LogP contribution in [-0.2, 0) is 19.1 Å². The zero-order chi connectivity index (χ0) is 10.1. The maximum absolute atomic E-state index is 10.8. The Morgan fingerprint density at radius 3 is 2.08 bits per heavy atom. The molecule has 0 heterocycles. The van der Waals surface area contributed by atoms with Crippen molar-refractivity contribution in [1.82, 2.24) is 0 Å². The van der Waals surface area contributed by atoms with Crippen LogP contribution in [0.1, 0.15) is 32.6 Å². The standard InChI is InChI=1S/C9H16O4/c1-3-13-9(11)7-5-4-6-8(10)12-2/h3-7H2,1-2H3. The lowest BCUT2D eigenvalue weighted by molar-refractivity contribution is -0.144. The molecule has 0 unspecified atom stereocenters. The zero-order valence-electron chi connectivity index (χ0n) is 8.17. The number of carbonyl (C=O) groups excluding carboxylic acids is 2. The van der Waals surface area contributed by atoms with E-state index in [0.717, 1.165) is 0 Å². The molecule has 0 spiro atoms. The number of ether oxygens (including phenoxy) is 2. The first kappa shape index (κ1) is 11.9. The van der Waals surface area contributed by atoms with Gasteiger partial charge in [-0.2, -0.15) is 0 Å². The molecule has 0 aliphatic rings. The van der Waals surface area contributed by atoms with Crippen LogP contribution >= 0.6 is 0 Å². The largest absolute Gasteiger partial charge is 0.469 e. The first-order valence-electron chi connectivity index (χ1n) is 4.43. The highest BCUT2D eigenvalue weighted by Crippen LogP contribution is 2.02. The molecule has 0 saturated heterocycles. The highest BCUT2D eigenvalue weighted by atomic mass is 16.5. The van der Waals surface area contributed by atoms with E-state index in [1.807, 2.05) is 0 Å². The molecule has 76 valence electrons. The SMILES string of the molecule is CCOC(=O)CCCCC(=O)OC. The Hall–Kier alpha value is -1.06. The molecular formula is C9H16O4. The van der Waals surface area contributed by atoms with Gasteiger partial charge < -0.3 is 9.47 Å². The van der Waals surface area contributed by atoms with Crippen LogP contribution in [0, 0.1) is 0 Å². The van der Waals surface area contributed by atoms with E-state index in [4.69, 9.17) is 4.74 Å². The Labute approximate surface area is 78.2 Å². The Kier molecular flexibility index (Phi) is 6.96. The average Bonchev–Trinajstić information content (AvgIpc) is 2.12. The molecule has 0 amide bonds. The highest BCUT2D eigenvalue weighted by Gasteiger charge is 2.03. The van der Waals surface area contributed by atoms with Crippen molar-refractivity contribution in [2.45, 2.75) is 32.6 Å². The lowest BCUT2D eigenvalue weighted by Gasteiger charge is -2.00. The Bertz CT molecular complexity index is 165. The maximum Gasteiger partial charge on any atom is 0.305 e. The van der Waals surface area contributed by atoms with Crippen molar-refractivity contribution in [3.63, 3.8) is 0 Å². The molecule has 0 aromatic heterocycles. The maximum atomic E-state index is 10.8. The third-order valence-electron chi connectivity index (χ3n) is 1.54. The van der Waals surface area contributed by atoms with E-state index in [1.54, 1.807) is 6.92 Å². The molecule has 0 radical (unpaired) electrons. The molecule has 0 N–H and O–H groups in total. The minimum absolute atomic E-state index is 0.202. The van der Waals surface area contributed by atoms with Gasteiger partial charge >= 0.3 is 11.9 Å². The first-order chi connectivity index (χ1) is 6.20. The number of methoxy groups -OCH3 is 1. The number of rotatable bonds is 6. The van der Waals surface area contributed by atoms with Gasteiger partial charge in [0.2, 0.25) is 0 Å². The van der Waals surface area contributed by atoms with E-state index < -0.39 is 0 Å². The van der Waals surface area contributed by atoms with Crippen LogP contribution in [0.3, 0.4) is 0 Å². The number of hydrogen-bond donors (Lipinski definition) is 0. The van der Waals surface area contributed by atoms with Crippen LogP contribution in [0.5, 0.6) is 0 Å². The molecule has 0 aromatic rings. The summed E-state index contributed by atoms with van der Waals surface area (Å²) >= 11 is 0. The van der Waals surface area contributed by atoms with Gasteiger partial charge in [0.15, 0.2) is 0 Å². The first-order valence-corrected chi connectivity index (χ1v) is 4.43. The molecule has 0 atom stereocenters. The van der Waals surface area contributed by atoms with Crippen LogP contribution in [0.4, 0.5) is 0 Å². The summed E-state index contributed by atoms with van der Waals surface area (Å²) in [6, 6.07) is 0. The molecule has 0 saturated carbocycles. The smallest absolute Gasteiger partial charge is 0.305 e. The predicted molar refractivity (Wildman–Crippen MR) is 47.1 cm³/mol. The van der Waals surface area contributed by atoms with E-state index in [-0.39, 0.29) is 11.9 Å². The summed E-state index contributed by atoms with van der Waals surface area (Å²) in [6.45, 7) is 2.18. The average molecular weight is 188 g/mol. The van der Waals surface area contributed by atoms with Crippen molar-refractivity contribution in [2.75, 3.05) is 13.7 Å². The number of esters is 2. The normalized spacial score (nSPS) is 9.38. The van der Waals surface area contributed by atoms with Crippen molar-refractivity contribution in [2.24, 2.45) is 0 Å². The second kappa shape index (κ2) is 7.58. The lowest BCUT2D eigenvalue weighted by atomic mass is 10.2. The molecule has 0 aromatic carbocycles. The summed E-state index contributed by atoms with van der Waals surface area (Å²) in [5, 5.41) is 0. The summed E-state index contributed by atoms with van der Waals surface area (Å²) in [5.74, 6) is -0.434. The van der Waals surface area contributed by atoms with Gasteiger partial charge in [0.05, 0.1) is 13.7 Å². The van der Waals surface area contributed by atoms with E-state index in [0.29, 0.717) is 32.3 Å². The Morgan fingerprint density at radius 1 is 1.08 bits per heavy atom. The molecule has 4 nitrogen and oxygen atoms in total. The van der Waals surface area contributed by atoms with Crippen molar-refractivity contribution in [1.29, 1.82) is 0 Å². The van der Waals surface area contributed by atoms with Crippen LogP contribution in [0.25, 0.3) is 0 Å².